The summed E-state index contributed by atoms with van der Waals surface area (Å²) in [7, 11) is 0. The van der Waals surface area contributed by atoms with E-state index in [0.717, 1.165) is 5.56 Å². The smallest absolute Gasteiger partial charge is 0.243 e. The van der Waals surface area contributed by atoms with E-state index in [0.29, 0.717) is 24.8 Å². The highest BCUT2D eigenvalue weighted by molar-refractivity contribution is 5.91. The van der Waals surface area contributed by atoms with Gasteiger partial charge in [-0.2, -0.15) is 0 Å². The van der Waals surface area contributed by atoms with Crippen molar-refractivity contribution in [3.8, 4) is 0 Å². The van der Waals surface area contributed by atoms with Crippen LogP contribution in [0.25, 0.3) is 0 Å². The van der Waals surface area contributed by atoms with Gasteiger partial charge in [-0.15, -0.1) is 0 Å². The van der Waals surface area contributed by atoms with Crippen molar-refractivity contribution in [1.29, 1.82) is 0 Å². The molecule has 0 spiro atoms. The van der Waals surface area contributed by atoms with Gasteiger partial charge in [-0.05, 0) is 24.5 Å². The Kier molecular flexibility index (Phi) is 4.89. The van der Waals surface area contributed by atoms with Crippen molar-refractivity contribution in [2.45, 2.75) is 31.3 Å². The quantitative estimate of drug-likeness (QED) is 0.887. The number of hydrogen-bond donors (Lipinski definition) is 2. The van der Waals surface area contributed by atoms with E-state index < -0.39 is 12.1 Å². The summed E-state index contributed by atoms with van der Waals surface area (Å²) in [6.45, 7) is 0. The zero-order valence-corrected chi connectivity index (χ0v) is 13.2. The summed E-state index contributed by atoms with van der Waals surface area (Å²) in [6, 6.07) is 15.0. The fourth-order valence-corrected chi connectivity index (χ4v) is 2.93. The minimum absolute atomic E-state index is 0.124. The SMILES string of the molecule is O=C1CC[C@H](C(=O)N[C@@H](Cc2ccccc2)c2ccccc2F)N1. The largest absolute Gasteiger partial charge is 0.347 e. The number of rotatable bonds is 5. The highest BCUT2D eigenvalue weighted by atomic mass is 19.1. The number of carbonyl (C=O) groups excluding carboxylic acids is 2. The van der Waals surface area contributed by atoms with Gasteiger partial charge in [-0.3, -0.25) is 9.59 Å². The Morgan fingerprint density at radius 3 is 2.54 bits per heavy atom. The second-order valence-corrected chi connectivity index (χ2v) is 5.93. The molecule has 1 heterocycles. The lowest BCUT2D eigenvalue weighted by molar-refractivity contribution is -0.126. The third-order valence-corrected chi connectivity index (χ3v) is 4.19. The molecule has 2 aromatic carbocycles. The van der Waals surface area contributed by atoms with Crippen LogP contribution in [0.1, 0.15) is 30.0 Å². The zero-order chi connectivity index (χ0) is 16.9. The first kappa shape index (κ1) is 16.2. The predicted molar refractivity (Wildman–Crippen MR) is 88.6 cm³/mol. The molecular weight excluding hydrogens is 307 g/mol. The Balaban J connectivity index is 1.80. The average Bonchev–Trinajstić information content (AvgIpc) is 3.02. The first-order valence-electron chi connectivity index (χ1n) is 8.01. The molecule has 3 rings (SSSR count). The van der Waals surface area contributed by atoms with Crippen LogP contribution in [0, 0.1) is 5.82 Å². The molecule has 0 aromatic heterocycles. The monoisotopic (exact) mass is 326 g/mol. The highest BCUT2D eigenvalue weighted by Crippen LogP contribution is 2.22. The van der Waals surface area contributed by atoms with Gasteiger partial charge in [0.25, 0.3) is 0 Å². The Morgan fingerprint density at radius 1 is 1.17 bits per heavy atom. The fraction of sp³-hybridized carbons (Fsp3) is 0.263. The third-order valence-electron chi connectivity index (χ3n) is 4.19. The minimum Gasteiger partial charge on any atom is -0.347 e. The highest BCUT2D eigenvalue weighted by Gasteiger charge is 2.29. The predicted octanol–water partition coefficient (Wildman–Crippen LogP) is 2.50. The van der Waals surface area contributed by atoms with Crippen molar-refractivity contribution in [3.63, 3.8) is 0 Å². The molecule has 5 heteroatoms. The summed E-state index contributed by atoms with van der Waals surface area (Å²) in [4.78, 5) is 23.7. The molecule has 0 saturated carbocycles. The van der Waals surface area contributed by atoms with Crippen molar-refractivity contribution in [3.05, 3.63) is 71.5 Å². The van der Waals surface area contributed by atoms with E-state index >= 15 is 0 Å². The lowest BCUT2D eigenvalue weighted by atomic mass is 9.98. The second kappa shape index (κ2) is 7.25. The van der Waals surface area contributed by atoms with Crippen LogP contribution in [0.3, 0.4) is 0 Å². The van der Waals surface area contributed by atoms with Crippen LogP contribution in [0.2, 0.25) is 0 Å². The van der Waals surface area contributed by atoms with Gasteiger partial charge in [0.2, 0.25) is 11.8 Å². The van der Waals surface area contributed by atoms with E-state index in [-0.39, 0.29) is 17.6 Å². The summed E-state index contributed by atoms with van der Waals surface area (Å²) in [5, 5.41) is 5.54. The molecule has 0 bridgehead atoms. The molecule has 1 saturated heterocycles. The molecule has 4 nitrogen and oxygen atoms in total. The van der Waals surface area contributed by atoms with Crippen molar-refractivity contribution < 1.29 is 14.0 Å². The lowest BCUT2D eigenvalue weighted by Crippen LogP contribution is -2.43. The minimum atomic E-state index is -0.539. The van der Waals surface area contributed by atoms with Crippen LogP contribution in [-0.2, 0) is 16.0 Å². The lowest BCUT2D eigenvalue weighted by Gasteiger charge is -2.22. The van der Waals surface area contributed by atoms with Gasteiger partial charge < -0.3 is 10.6 Å². The number of nitrogens with one attached hydrogen (secondary N) is 2. The van der Waals surface area contributed by atoms with Crippen molar-refractivity contribution >= 4 is 11.8 Å². The fourth-order valence-electron chi connectivity index (χ4n) is 2.93. The van der Waals surface area contributed by atoms with Crippen molar-refractivity contribution in [1.82, 2.24) is 10.6 Å². The van der Waals surface area contributed by atoms with E-state index in [2.05, 4.69) is 10.6 Å². The van der Waals surface area contributed by atoms with E-state index in [1.807, 2.05) is 30.3 Å². The third kappa shape index (κ3) is 3.79. The Labute approximate surface area is 140 Å². The van der Waals surface area contributed by atoms with Crippen LogP contribution in [0.15, 0.2) is 54.6 Å². The number of amides is 2. The molecule has 2 N–H and O–H groups in total. The molecule has 2 aromatic rings. The number of benzene rings is 2. The van der Waals surface area contributed by atoms with Gasteiger partial charge in [0.1, 0.15) is 11.9 Å². The normalized spacial score (nSPS) is 18.0. The standard InChI is InChI=1S/C19H19FN2O2/c20-15-9-5-4-8-14(15)17(12-13-6-2-1-3-7-13)22-19(24)16-10-11-18(23)21-16/h1-9,16-17H,10-12H2,(H,21,23)(H,22,24)/t16-,17+/m1/s1. The van der Waals surface area contributed by atoms with Gasteiger partial charge in [0.05, 0.1) is 6.04 Å². The van der Waals surface area contributed by atoms with Gasteiger partial charge in [-0.1, -0.05) is 48.5 Å². The summed E-state index contributed by atoms with van der Waals surface area (Å²) < 4.78 is 14.2. The molecule has 2 amide bonds. The second-order valence-electron chi connectivity index (χ2n) is 5.93. The van der Waals surface area contributed by atoms with Crippen molar-refractivity contribution in [2.75, 3.05) is 0 Å². The van der Waals surface area contributed by atoms with Crippen LogP contribution >= 0.6 is 0 Å². The van der Waals surface area contributed by atoms with Crippen LogP contribution in [-0.4, -0.2) is 17.9 Å². The molecule has 0 radical (unpaired) electrons. The number of carbonyl (C=O) groups is 2. The van der Waals surface area contributed by atoms with E-state index in [1.54, 1.807) is 18.2 Å². The van der Waals surface area contributed by atoms with Crippen LogP contribution in [0.4, 0.5) is 4.39 Å². The van der Waals surface area contributed by atoms with E-state index in [9.17, 15) is 14.0 Å². The van der Waals surface area contributed by atoms with Gasteiger partial charge in [0, 0.05) is 12.0 Å². The summed E-state index contributed by atoms with van der Waals surface area (Å²) in [5.74, 6) is -0.750. The van der Waals surface area contributed by atoms with Gasteiger partial charge in [0.15, 0.2) is 0 Å². The molecule has 0 aliphatic carbocycles. The molecule has 2 atom stereocenters. The van der Waals surface area contributed by atoms with E-state index in [4.69, 9.17) is 0 Å². The first-order chi connectivity index (χ1) is 11.6. The summed E-state index contributed by atoms with van der Waals surface area (Å²) in [5.41, 5.74) is 1.44. The number of hydrogen-bond acceptors (Lipinski definition) is 2. The number of halogens is 1. The maximum Gasteiger partial charge on any atom is 0.243 e. The van der Waals surface area contributed by atoms with Gasteiger partial charge in [-0.25, -0.2) is 4.39 Å². The average molecular weight is 326 g/mol. The first-order valence-corrected chi connectivity index (χ1v) is 8.01. The molecule has 0 unspecified atom stereocenters. The molecule has 124 valence electrons. The zero-order valence-electron chi connectivity index (χ0n) is 13.2. The Morgan fingerprint density at radius 2 is 1.88 bits per heavy atom. The maximum atomic E-state index is 14.2. The summed E-state index contributed by atoms with van der Waals surface area (Å²) in [6.07, 6.45) is 1.30. The molecule has 24 heavy (non-hydrogen) atoms. The molecular formula is C19H19FN2O2. The van der Waals surface area contributed by atoms with Gasteiger partial charge >= 0.3 is 0 Å². The Hall–Kier alpha value is -2.69. The molecule has 1 fully saturated rings. The van der Waals surface area contributed by atoms with Crippen LogP contribution < -0.4 is 10.6 Å². The van der Waals surface area contributed by atoms with E-state index in [1.165, 1.54) is 6.07 Å². The maximum absolute atomic E-state index is 14.2. The summed E-state index contributed by atoms with van der Waals surface area (Å²) >= 11 is 0. The Bertz CT molecular complexity index is 733. The van der Waals surface area contributed by atoms with Crippen LogP contribution in [0.5, 0.6) is 0 Å². The molecule has 1 aliphatic rings. The topological polar surface area (TPSA) is 58.2 Å². The van der Waals surface area contributed by atoms with Crippen molar-refractivity contribution in [2.24, 2.45) is 0 Å². The molecule has 1 aliphatic heterocycles.